The SMILES string of the molecule is Nc1ncnc2c1ncn2[C@@H]1O[C@H](COP(=O)(O)OC(=O)CCCNC(=O)CCCC[C@@H]2SC[C@@H]3NC(=O)N[C@@H]32)C(O)[C@@H]1O. The molecule has 3 saturated heterocycles. The fourth-order valence-electron chi connectivity index (χ4n) is 5.34. The van der Waals surface area contributed by atoms with Gasteiger partial charge in [0.2, 0.25) is 5.91 Å². The Hall–Kier alpha value is -3.06. The number of nitrogen functional groups attached to an aromatic ring is 1. The summed E-state index contributed by atoms with van der Waals surface area (Å²) in [7, 11) is -4.87. The van der Waals surface area contributed by atoms with E-state index in [1.165, 1.54) is 17.2 Å². The first-order valence-electron chi connectivity index (χ1n) is 14.1. The van der Waals surface area contributed by atoms with Gasteiger partial charge in [0.1, 0.15) is 30.2 Å². The van der Waals surface area contributed by atoms with Gasteiger partial charge < -0.3 is 41.2 Å². The van der Waals surface area contributed by atoms with E-state index in [4.69, 9.17) is 15.0 Å². The number of anilines is 1. The quantitative estimate of drug-likeness (QED) is 0.0753. The number of urea groups is 1. The molecule has 0 bridgehead atoms. The highest BCUT2D eigenvalue weighted by molar-refractivity contribution is 8.00. The summed E-state index contributed by atoms with van der Waals surface area (Å²) in [5.41, 5.74) is 6.27. The molecule has 3 aliphatic rings. The molecule has 3 aliphatic heterocycles. The van der Waals surface area contributed by atoms with Crippen LogP contribution in [-0.4, -0.2) is 107 Å². The van der Waals surface area contributed by atoms with Crippen LogP contribution in [0, 0.1) is 0 Å². The molecule has 2 unspecified atom stereocenters. The number of hydrogen-bond acceptors (Lipinski definition) is 14. The second-order valence-electron chi connectivity index (χ2n) is 10.7. The summed E-state index contributed by atoms with van der Waals surface area (Å²) in [5.74, 6) is -0.193. The molecule has 0 spiro atoms. The third-order valence-corrected chi connectivity index (χ3v) is 10.00. The maximum atomic E-state index is 12.3. The minimum atomic E-state index is -4.87. The summed E-state index contributed by atoms with van der Waals surface area (Å²) in [6, 6.07) is 0.176. The van der Waals surface area contributed by atoms with Crippen molar-refractivity contribution >= 4 is 54.5 Å². The molecule has 0 aromatic carbocycles. The van der Waals surface area contributed by atoms with Crippen LogP contribution in [0.15, 0.2) is 12.7 Å². The Labute approximate surface area is 255 Å². The minimum Gasteiger partial charge on any atom is -0.387 e. The predicted octanol–water partition coefficient (Wildman–Crippen LogP) is -0.690. The van der Waals surface area contributed by atoms with Crippen molar-refractivity contribution in [3.8, 4) is 0 Å². The highest BCUT2D eigenvalue weighted by atomic mass is 32.2. The molecule has 18 nitrogen and oxygen atoms in total. The van der Waals surface area contributed by atoms with Gasteiger partial charge in [0.15, 0.2) is 17.7 Å². The molecule has 2 aromatic heterocycles. The van der Waals surface area contributed by atoms with Crippen molar-refractivity contribution in [2.24, 2.45) is 0 Å². The molecule has 8 N–H and O–H groups in total. The van der Waals surface area contributed by atoms with Gasteiger partial charge >= 0.3 is 19.8 Å². The largest absolute Gasteiger partial charge is 0.529 e. The fraction of sp³-hybridized carbons (Fsp3) is 0.667. The van der Waals surface area contributed by atoms with Crippen LogP contribution >= 0.6 is 19.6 Å². The van der Waals surface area contributed by atoms with Gasteiger partial charge in [-0.3, -0.25) is 23.6 Å². The molecule has 3 amide bonds. The number of imidazole rings is 1. The number of unbranched alkanes of at least 4 members (excludes halogenated alkanes) is 1. The number of phosphoric acid groups is 1. The molecule has 8 atom stereocenters. The highest BCUT2D eigenvalue weighted by Crippen LogP contribution is 2.45. The Morgan fingerprint density at radius 1 is 1.18 bits per heavy atom. The van der Waals surface area contributed by atoms with Gasteiger partial charge in [-0.15, -0.1) is 0 Å². The van der Waals surface area contributed by atoms with Crippen LogP contribution in [0.2, 0.25) is 0 Å². The van der Waals surface area contributed by atoms with E-state index in [0.29, 0.717) is 18.1 Å². The number of aliphatic hydroxyl groups excluding tert-OH is 2. The Morgan fingerprint density at radius 2 is 2.00 bits per heavy atom. The van der Waals surface area contributed by atoms with Crippen molar-refractivity contribution in [3.05, 3.63) is 12.7 Å². The number of ether oxygens (including phenoxy) is 1. The first kappa shape index (κ1) is 32.3. The number of rotatable bonds is 14. The van der Waals surface area contributed by atoms with Crippen LogP contribution in [0.3, 0.4) is 0 Å². The normalized spacial score (nSPS) is 29.2. The summed E-state index contributed by atoms with van der Waals surface area (Å²) in [4.78, 5) is 57.6. The number of carbonyl (C=O) groups is 3. The number of nitrogens with zero attached hydrogens (tertiary/aromatic N) is 4. The monoisotopic (exact) mass is 658 g/mol. The molecule has 0 aliphatic carbocycles. The maximum absolute atomic E-state index is 12.3. The van der Waals surface area contributed by atoms with Crippen LogP contribution in [-0.2, 0) is 27.9 Å². The number of carbonyl (C=O) groups excluding carboxylic acids is 3. The Kier molecular flexibility index (Phi) is 10.2. The molecule has 0 radical (unpaired) electrons. The number of aliphatic hydroxyl groups is 2. The maximum Gasteiger partial charge on any atom is 0.529 e. The predicted molar refractivity (Wildman–Crippen MR) is 154 cm³/mol. The third-order valence-electron chi connectivity index (χ3n) is 7.58. The molecular formula is C24H35N8O10PS. The Morgan fingerprint density at radius 3 is 2.82 bits per heavy atom. The average molecular weight is 659 g/mol. The van der Waals surface area contributed by atoms with Crippen LogP contribution < -0.4 is 21.7 Å². The topological polar surface area (TPSA) is 262 Å². The number of hydrogen-bond donors (Lipinski definition) is 7. The van der Waals surface area contributed by atoms with Crippen molar-refractivity contribution in [2.75, 3.05) is 24.6 Å². The molecule has 5 heterocycles. The standard InChI is InChI=1S/C24H35N8O10PS/c25-21-18-22(28-10-27-21)32(11-29-18)23-20(36)19(35)13(41-23)8-40-43(38,39)42-16(34)6-3-7-26-15(33)5-2-1-4-14-17-12(9-44-14)30-24(37)31-17/h10-14,17,19-20,23,35-36H,1-9H2,(H,26,33)(H,38,39)(H2,25,27,28)(H2,30,31,37)/t12-,13+,14-,17-,19?,20-,23+/m0/s1. The first-order chi connectivity index (χ1) is 21.0. The van der Waals surface area contributed by atoms with E-state index < -0.39 is 44.9 Å². The summed E-state index contributed by atoms with van der Waals surface area (Å²) in [6.07, 6.45) is -0.246. The zero-order valence-electron chi connectivity index (χ0n) is 23.5. The van der Waals surface area contributed by atoms with Gasteiger partial charge in [-0.2, -0.15) is 11.8 Å². The number of thioether (sulfide) groups is 1. The van der Waals surface area contributed by atoms with Gasteiger partial charge in [0, 0.05) is 30.4 Å². The number of nitrogens with two attached hydrogens (primary N) is 1. The lowest BCUT2D eigenvalue weighted by molar-refractivity contribution is -0.136. The molecule has 0 saturated carbocycles. The average Bonchev–Trinajstić information content (AvgIpc) is 3.72. The summed E-state index contributed by atoms with van der Waals surface area (Å²) < 4.78 is 28.7. The highest BCUT2D eigenvalue weighted by Gasteiger charge is 2.46. The van der Waals surface area contributed by atoms with Crippen molar-refractivity contribution in [1.82, 2.24) is 35.5 Å². The van der Waals surface area contributed by atoms with E-state index in [-0.39, 0.29) is 60.4 Å². The molecule has 3 fully saturated rings. The van der Waals surface area contributed by atoms with E-state index in [0.717, 1.165) is 18.6 Å². The molecule has 20 heteroatoms. The zero-order valence-corrected chi connectivity index (χ0v) is 25.2. The number of amides is 3. The lowest BCUT2D eigenvalue weighted by atomic mass is 10.0. The van der Waals surface area contributed by atoms with E-state index >= 15 is 0 Å². The molecule has 242 valence electrons. The van der Waals surface area contributed by atoms with E-state index in [9.17, 15) is 34.1 Å². The smallest absolute Gasteiger partial charge is 0.387 e. The third kappa shape index (κ3) is 7.59. The summed E-state index contributed by atoms with van der Waals surface area (Å²) in [6.45, 7) is -0.507. The van der Waals surface area contributed by atoms with Crippen molar-refractivity contribution in [1.29, 1.82) is 0 Å². The first-order valence-corrected chi connectivity index (χ1v) is 16.7. The van der Waals surface area contributed by atoms with Gasteiger partial charge in [-0.25, -0.2) is 24.3 Å². The molecule has 5 rings (SSSR count). The molecule has 2 aromatic rings. The molecular weight excluding hydrogens is 623 g/mol. The second-order valence-corrected chi connectivity index (χ2v) is 13.3. The number of fused-ring (bicyclic) bond motifs is 2. The van der Waals surface area contributed by atoms with Crippen LogP contribution in [0.4, 0.5) is 10.6 Å². The summed E-state index contributed by atoms with van der Waals surface area (Å²) in [5, 5.41) is 29.8. The van der Waals surface area contributed by atoms with Gasteiger partial charge in [-0.1, -0.05) is 6.42 Å². The number of aromatic nitrogens is 4. The number of phosphoric ester groups is 1. The van der Waals surface area contributed by atoms with Crippen LogP contribution in [0.25, 0.3) is 11.2 Å². The Balaban J connectivity index is 0.958. The van der Waals surface area contributed by atoms with Crippen molar-refractivity contribution in [3.63, 3.8) is 0 Å². The lowest BCUT2D eigenvalue weighted by Crippen LogP contribution is -2.36. The van der Waals surface area contributed by atoms with E-state index in [1.807, 2.05) is 11.8 Å². The van der Waals surface area contributed by atoms with Crippen molar-refractivity contribution in [2.45, 2.75) is 80.4 Å². The lowest BCUT2D eigenvalue weighted by Gasteiger charge is -2.17. The van der Waals surface area contributed by atoms with Crippen LogP contribution in [0.5, 0.6) is 0 Å². The summed E-state index contributed by atoms with van der Waals surface area (Å²) >= 11 is 1.82. The van der Waals surface area contributed by atoms with Crippen molar-refractivity contribution < 1.29 is 47.8 Å². The minimum absolute atomic E-state index is 0.107. The Bertz CT molecular complexity index is 1420. The second kappa shape index (κ2) is 13.9. The fourth-order valence-corrected chi connectivity index (χ4v) is 7.62. The van der Waals surface area contributed by atoms with Gasteiger partial charge in [-0.05, 0) is 19.3 Å². The van der Waals surface area contributed by atoms with Gasteiger partial charge in [0.05, 0.1) is 25.0 Å². The van der Waals surface area contributed by atoms with E-state index in [2.05, 4.69) is 35.4 Å². The van der Waals surface area contributed by atoms with Gasteiger partial charge in [0.25, 0.3) is 0 Å². The zero-order chi connectivity index (χ0) is 31.4. The number of nitrogens with one attached hydrogen (secondary N) is 3. The van der Waals surface area contributed by atoms with Crippen LogP contribution in [0.1, 0.15) is 44.8 Å². The molecule has 44 heavy (non-hydrogen) atoms. The van der Waals surface area contributed by atoms with E-state index in [1.54, 1.807) is 0 Å².